The number of urea groups is 1. The minimum atomic E-state index is -0.557. The summed E-state index contributed by atoms with van der Waals surface area (Å²) in [5.41, 5.74) is 6.55. The summed E-state index contributed by atoms with van der Waals surface area (Å²) in [5.74, 6) is -0.0768. The predicted octanol–water partition coefficient (Wildman–Crippen LogP) is 1.90. The van der Waals surface area contributed by atoms with Crippen molar-refractivity contribution in [3.05, 3.63) is 35.4 Å². The molecule has 132 valence electrons. The summed E-state index contributed by atoms with van der Waals surface area (Å²) in [6.45, 7) is 1.79. The van der Waals surface area contributed by atoms with Gasteiger partial charge in [0.25, 0.3) is 5.91 Å². The predicted molar refractivity (Wildman–Crippen MR) is 94.7 cm³/mol. The van der Waals surface area contributed by atoms with Crippen molar-refractivity contribution in [2.45, 2.75) is 51.1 Å². The molecule has 6 heteroatoms. The third kappa shape index (κ3) is 6.58. The number of hydrogen-bond donors (Lipinski definition) is 4. The number of benzene rings is 1. The Balaban J connectivity index is 1.67. The summed E-state index contributed by atoms with van der Waals surface area (Å²) in [5, 5.41) is 8.99. The average Bonchev–Trinajstić information content (AvgIpc) is 2.86. The minimum Gasteiger partial charge on any atom is -0.352 e. The van der Waals surface area contributed by atoms with E-state index < -0.39 is 6.03 Å². The molecule has 1 aromatic rings. The molecular formula is C18H28N4O2. The summed E-state index contributed by atoms with van der Waals surface area (Å²) in [4.78, 5) is 22.8. The molecule has 0 spiro atoms. The van der Waals surface area contributed by atoms with Crippen LogP contribution in [0, 0.1) is 0 Å². The first-order chi connectivity index (χ1) is 11.6. The quantitative estimate of drug-likeness (QED) is 0.453. The zero-order chi connectivity index (χ0) is 17.2. The highest BCUT2D eigenvalue weighted by Crippen LogP contribution is 2.16. The van der Waals surface area contributed by atoms with Crippen molar-refractivity contribution in [3.8, 4) is 0 Å². The van der Waals surface area contributed by atoms with Crippen LogP contribution in [-0.4, -0.2) is 31.1 Å². The highest BCUT2D eigenvalue weighted by molar-refractivity contribution is 5.94. The lowest BCUT2D eigenvalue weighted by atomic mass is 10.1. The normalized spacial score (nSPS) is 15.5. The van der Waals surface area contributed by atoms with Crippen LogP contribution in [0.1, 0.15) is 54.4 Å². The Bertz CT molecular complexity index is 522. The number of nitrogens with one attached hydrogen (secondary N) is 3. The molecule has 0 atom stereocenters. The molecule has 1 fully saturated rings. The summed E-state index contributed by atoms with van der Waals surface area (Å²) >= 11 is 0. The minimum absolute atomic E-state index is 0.0768. The Morgan fingerprint density at radius 3 is 2.25 bits per heavy atom. The Morgan fingerprint density at radius 2 is 1.62 bits per heavy atom. The van der Waals surface area contributed by atoms with Crippen molar-refractivity contribution in [2.75, 3.05) is 13.1 Å². The van der Waals surface area contributed by atoms with E-state index >= 15 is 0 Å². The number of rotatable bonds is 7. The molecule has 0 aliphatic heterocycles. The molecule has 1 aliphatic carbocycles. The van der Waals surface area contributed by atoms with Gasteiger partial charge in [0.1, 0.15) is 0 Å². The maximum atomic E-state index is 12.1. The lowest BCUT2D eigenvalue weighted by Gasteiger charge is -2.16. The maximum absolute atomic E-state index is 12.1. The molecule has 1 aliphatic rings. The molecule has 1 aromatic carbocycles. The van der Waals surface area contributed by atoms with Gasteiger partial charge in [0.2, 0.25) is 0 Å². The molecule has 2 rings (SSSR count). The van der Waals surface area contributed by atoms with Crippen molar-refractivity contribution in [2.24, 2.45) is 5.73 Å². The molecule has 24 heavy (non-hydrogen) atoms. The van der Waals surface area contributed by atoms with Gasteiger partial charge in [-0.05, 0) is 30.5 Å². The lowest BCUT2D eigenvalue weighted by Crippen LogP contribution is -2.36. The highest BCUT2D eigenvalue weighted by Gasteiger charge is 2.11. The standard InChI is InChI=1S/C18H28N4O2/c19-18(24)22-13-14-7-9-15(10-8-14)17(23)21-12-11-20-16-5-3-1-2-4-6-16/h7-10,16,20H,1-6,11-13H2,(H,21,23)(H3,19,22,24). The van der Waals surface area contributed by atoms with Gasteiger partial charge in [-0.2, -0.15) is 0 Å². The van der Waals surface area contributed by atoms with Gasteiger partial charge >= 0.3 is 6.03 Å². The van der Waals surface area contributed by atoms with E-state index in [9.17, 15) is 9.59 Å². The second-order valence-electron chi connectivity index (χ2n) is 6.31. The summed E-state index contributed by atoms with van der Waals surface area (Å²) in [7, 11) is 0. The van der Waals surface area contributed by atoms with E-state index in [1.165, 1.54) is 38.5 Å². The Kier molecular flexibility index (Phi) is 7.55. The van der Waals surface area contributed by atoms with Gasteiger partial charge in [0, 0.05) is 31.2 Å². The summed E-state index contributed by atoms with van der Waals surface area (Å²) in [6.07, 6.45) is 7.80. The van der Waals surface area contributed by atoms with Crippen LogP contribution in [-0.2, 0) is 6.54 Å². The molecule has 6 nitrogen and oxygen atoms in total. The van der Waals surface area contributed by atoms with Crippen LogP contribution in [0.2, 0.25) is 0 Å². The fraction of sp³-hybridized carbons (Fsp3) is 0.556. The molecule has 0 bridgehead atoms. The van der Waals surface area contributed by atoms with E-state index in [-0.39, 0.29) is 5.91 Å². The monoisotopic (exact) mass is 332 g/mol. The Labute approximate surface area is 143 Å². The summed E-state index contributed by atoms with van der Waals surface area (Å²) < 4.78 is 0. The van der Waals surface area contributed by atoms with Gasteiger partial charge in [0.05, 0.1) is 0 Å². The molecule has 1 saturated carbocycles. The van der Waals surface area contributed by atoms with Gasteiger partial charge in [-0.25, -0.2) is 4.79 Å². The Morgan fingerprint density at radius 1 is 0.958 bits per heavy atom. The van der Waals surface area contributed by atoms with Crippen molar-refractivity contribution in [1.82, 2.24) is 16.0 Å². The fourth-order valence-corrected chi connectivity index (χ4v) is 3.00. The third-order valence-corrected chi connectivity index (χ3v) is 4.38. The van der Waals surface area contributed by atoms with Gasteiger partial charge < -0.3 is 21.7 Å². The zero-order valence-corrected chi connectivity index (χ0v) is 14.1. The first kappa shape index (κ1) is 18.3. The third-order valence-electron chi connectivity index (χ3n) is 4.38. The van der Waals surface area contributed by atoms with E-state index in [0.29, 0.717) is 24.7 Å². The average molecular weight is 332 g/mol. The van der Waals surface area contributed by atoms with Gasteiger partial charge in [-0.15, -0.1) is 0 Å². The van der Waals surface area contributed by atoms with E-state index in [2.05, 4.69) is 16.0 Å². The lowest BCUT2D eigenvalue weighted by molar-refractivity contribution is 0.0953. The first-order valence-corrected chi connectivity index (χ1v) is 8.79. The van der Waals surface area contributed by atoms with Crippen LogP contribution in [0.25, 0.3) is 0 Å². The highest BCUT2D eigenvalue weighted by atomic mass is 16.2. The zero-order valence-electron chi connectivity index (χ0n) is 14.1. The molecule has 0 saturated heterocycles. The van der Waals surface area contributed by atoms with Gasteiger partial charge in [-0.3, -0.25) is 4.79 Å². The van der Waals surface area contributed by atoms with Crippen LogP contribution in [0.3, 0.4) is 0 Å². The Hall–Kier alpha value is -2.08. The molecule has 0 heterocycles. The second-order valence-corrected chi connectivity index (χ2v) is 6.31. The van der Waals surface area contributed by atoms with Gasteiger partial charge in [0.15, 0.2) is 0 Å². The summed E-state index contributed by atoms with van der Waals surface area (Å²) in [6, 6.07) is 7.18. The number of amides is 3. The van der Waals surface area contributed by atoms with Crippen molar-refractivity contribution < 1.29 is 9.59 Å². The van der Waals surface area contributed by atoms with Crippen molar-refractivity contribution in [1.29, 1.82) is 0 Å². The van der Waals surface area contributed by atoms with Crippen LogP contribution >= 0.6 is 0 Å². The fourth-order valence-electron chi connectivity index (χ4n) is 3.00. The number of hydrogen-bond acceptors (Lipinski definition) is 3. The van der Waals surface area contributed by atoms with E-state index in [1.807, 2.05) is 12.1 Å². The number of carbonyl (C=O) groups excluding carboxylic acids is 2. The first-order valence-electron chi connectivity index (χ1n) is 8.79. The van der Waals surface area contributed by atoms with E-state index in [4.69, 9.17) is 5.73 Å². The van der Waals surface area contributed by atoms with Crippen LogP contribution in [0.4, 0.5) is 4.79 Å². The number of nitrogens with two attached hydrogens (primary N) is 1. The maximum Gasteiger partial charge on any atom is 0.312 e. The SMILES string of the molecule is NC(=O)NCc1ccc(C(=O)NCCNC2CCCCCC2)cc1. The molecule has 5 N–H and O–H groups in total. The van der Waals surface area contributed by atoms with Crippen LogP contribution in [0.5, 0.6) is 0 Å². The molecule has 0 radical (unpaired) electrons. The van der Waals surface area contributed by atoms with Crippen molar-refractivity contribution in [3.63, 3.8) is 0 Å². The smallest absolute Gasteiger partial charge is 0.312 e. The molecule has 3 amide bonds. The van der Waals surface area contributed by atoms with E-state index in [1.54, 1.807) is 12.1 Å². The molecular weight excluding hydrogens is 304 g/mol. The number of carbonyl (C=O) groups is 2. The van der Waals surface area contributed by atoms with Gasteiger partial charge in [-0.1, -0.05) is 37.8 Å². The van der Waals surface area contributed by atoms with Crippen molar-refractivity contribution >= 4 is 11.9 Å². The van der Waals surface area contributed by atoms with Crippen LogP contribution in [0.15, 0.2) is 24.3 Å². The molecule has 0 unspecified atom stereocenters. The largest absolute Gasteiger partial charge is 0.352 e. The molecule has 0 aromatic heterocycles. The second kappa shape index (κ2) is 9.93. The van der Waals surface area contributed by atoms with E-state index in [0.717, 1.165) is 12.1 Å². The van der Waals surface area contributed by atoms with Crippen LogP contribution < -0.4 is 21.7 Å². The topological polar surface area (TPSA) is 96.2 Å². The number of primary amides is 1.